The molecule has 0 aliphatic rings. The van der Waals surface area contributed by atoms with Crippen LogP contribution in [0.25, 0.3) is 22.3 Å². The Morgan fingerprint density at radius 1 is 1.16 bits per heavy atom. The van der Waals surface area contributed by atoms with E-state index in [1.54, 1.807) is 31.2 Å². The Labute approximate surface area is 178 Å². The highest BCUT2D eigenvalue weighted by Crippen LogP contribution is 2.36. The van der Waals surface area contributed by atoms with Crippen LogP contribution in [0.4, 0.5) is 19.0 Å². The highest BCUT2D eigenvalue weighted by Gasteiger charge is 2.21. The zero-order valence-corrected chi connectivity index (χ0v) is 16.7. The van der Waals surface area contributed by atoms with Gasteiger partial charge in [-0.1, -0.05) is 29.8 Å². The first-order chi connectivity index (χ1) is 14.8. The number of rotatable bonds is 6. The van der Waals surface area contributed by atoms with Crippen molar-refractivity contribution >= 4 is 28.5 Å². The Bertz CT molecular complexity index is 1240. The fourth-order valence-corrected chi connectivity index (χ4v) is 3.13. The van der Waals surface area contributed by atoms with Gasteiger partial charge in [0, 0.05) is 29.3 Å². The SMILES string of the molecule is CC(O)CNc1nc(Oc2c(F)cc(F)cc2F)nc2n[nH]c(-c3ccccc3Cl)c12. The number of aliphatic hydroxyl groups excluding tert-OH is 1. The van der Waals surface area contributed by atoms with Crippen molar-refractivity contribution in [1.82, 2.24) is 20.2 Å². The number of aromatic amines is 1. The van der Waals surface area contributed by atoms with Gasteiger partial charge < -0.3 is 15.2 Å². The average Bonchev–Trinajstić information content (AvgIpc) is 3.13. The summed E-state index contributed by atoms with van der Waals surface area (Å²) < 4.78 is 46.3. The molecule has 4 rings (SSSR count). The van der Waals surface area contributed by atoms with Gasteiger partial charge in [-0.05, 0) is 13.0 Å². The highest BCUT2D eigenvalue weighted by molar-refractivity contribution is 6.33. The van der Waals surface area contributed by atoms with E-state index in [1.807, 2.05) is 0 Å². The summed E-state index contributed by atoms with van der Waals surface area (Å²) in [6.07, 6.45) is -0.725. The summed E-state index contributed by atoms with van der Waals surface area (Å²) in [5.41, 5.74) is 1.25. The number of anilines is 1. The molecule has 31 heavy (non-hydrogen) atoms. The van der Waals surface area contributed by atoms with Crippen molar-refractivity contribution in [3.63, 3.8) is 0 Å². The fourth-order valence-electron chi connectivity index (χ4n) is 2.90. The van der Waals surface area contributed by atoms with Gasteiger partial charge in [-0.25, -0.2) is 13.2 Å². The minimum atomic E-state index is -1.25. The van der Waals surface area contributed by atoms with E-state index in [-0.39, 0.29) is 18.0 Å². The Balaban J connectivity index is 1.84. The minimum Gasteiger partial charge on any atom is -0.418 e. The van der Waals surface area contributed by atoms with E-state index >= 15 is 0 Å². The number of aliphatic hydroxyl groups is 1. The molecular formula is C20H15ClF3N5O2. The quantitative estimate of drug-likeness (QED) is 0.395. The van der Waals surface area contributed by atoms with Crippen molar-refractivity contribution in [2.24, 2.45) is 0 Å². The number of aromatic nitrogens is 4. The molecule has 0 radical (unpaired) electrons. The number of fused-ring (bicyclic) bond motifs is 1. The number of hydrogen-bond acceptors (Lipinski definition) is 6. The first kappa shape index (κ1) is 20.9. The molecule has 0 fully saturated rings. The average molecular weight is 450 g/mol. The monoisotopic (exact) mass is 449 g/mol. The van der Waals surface area contributed by atoms with Crippen LogP contribution in [0.5, 0.6) is 11.8 Å². The lowest BCUT2D eigenvalue weighted by Gasteiger charge is -2.12. The van der Waals surface area contributed by atoms with Crippen LogP contribution in [-0.4, -0.2) is 37.9 Å². The van der Waals surface area contributed by atoms with E-state index < -0.39 is 35.3 Å². The third-order valence-electron chi connectivity index (χ3n) is 4.26. The van der Waals surface area contributed by atoms with Crippen molar-refractivity contribution in [3.05, 3.63) is 58.9 Å². The number of benzene rings is 2. The zero-order valence-electron chi connectivity index (χ0n) is 16.0. The highest BCUT2D eigenvalue weighted by atomic mass is 35.5. The van der Waals surface area contributed by atoms with Gasteiger partial charge in [-0.3, -0.25) is 5.10 Å². The second-order valence-electron chi connectivity index (χ2n) is 6.66. The van der Waals surface area contributed by atoms with Gasteiger partial charge in [-0.15, -0.1) is 0 Å². The lowest BCUT2D eigenvalue weighted by Crippen LogP contribution is -2.16. The van der Waals surface area contributed by atoms with Gasteiger partial charge in [0.2, 0.25) is 5.75 Å². The molecule has 1 unspecified atom stereocenters. The van der Waals surface area contributed by atoms with Crippen molar-refractivity contribution in [2.75, 3.05) is 11.9 Å². The summed E-state index contributed by atoms with van der Waals surface area (Å²) in [4.78, 5) is 8.27. The second kappa shape index (κ2) is 8.40. The van der Waals surface area contributed by atoms with Crippen LogP contribution in [0.3, 0.4) is 0 Å². The van der Waals surface area contributed by atoms with Crippen molar-refractivity contribution < 1.29 is 23.0 Å². The van der Waals surface area contributed by atoms with Crippen LogP contribution in [0.15, 0.2) is 36.4 Å². The molecule has 0 aliphatic heterocycles. The first-order valence-corrected chi connectivity index (χ1v) is 9.46. The van der Waals surface area contributed by atoms with Crippen LogP contribution in [0.1, 0.15) is 6.92 Å². The molecule has 2 aromatic heterocycles. The van der Waals surface area contributed by atoms with E-state index in [2.05, 4.69) is 25.5 Å². The Hall–Kier alpha value is -3.37. The van der Waals surface area contributed by atoms with Crippen molar-refractivity contribution in [2.45, 2.75) is 13.0 Å². The molecule has 0 saturated carbocycles. The Kier molecular flexibility index (Phi) is 5.66. The molecule has 4 aromatic rings. The third-order valence-corrected chi connectivity index (χ3v) is 4.59. The maximum Gasteiger partial charge on any atom is 0.326 e. The molecule has 7 nitrogen and oxygen atoms in total. The molecule has 0 bridgehead atoms. The van der Waals surface area contributed by atoms with Gasteiger partial charge in [0.15, 0.2) is 17.3 Å². The first-order valence-electron chi connectivity index (χ1n) is 9.09. The molecule has 3 N–H and O–H groups in total. The lowest BCUT2D eigenvalue weighted by molar-refractivity contribution is 0.208. The summed E-state index contributed by atoms with van der Waals surface area (Å²) in [5.74, 6) is -4.26. The number of nitrogens with zero attached hydrogens (tertiary/aromatic N) is 3. The maximum absolute atomic E-state index is 14.0. The summed E-state index contributed by atoms with van der Waals surface area (Å²) in [6, 6.07) is 7.55. The maximum atomic E-state index is 14.0. The molecule has 2 heterocycles. The van der Waals surface area contributed by atoms with E-state index in [1.165, 1.54) is 0 Å². The van der Waals surface area contributed by atoms with Gasteiger partial charge in [0.05, 0.1) is 17.2 Å². The van der Waals surface area contributed by atoms with Crippen LogP contribution in [0.2, 0.25) is 5.02 Å². The number of H-pyrrole nitrogens is 1. The van der Waals surface area contributed by atoms with Crippen LogP contribution >= 0.6 is 11.6 Å². The minimum absolute atomic E-state index is 0.109. The van der Waals surface area contributed by atoms with Crippen LogP contribution < -0.4 is 10.1 Å². The van der Waals surface area contributed by atoms with Crippen molar-refractivity contribution in [1.29, 1.82) is 0 Å². The fraction of sp³-hybridized carbons (Fsp3) is 0.150. The van der Waals surface area contributed by atoms with E-state index in [4.69, 9.17) is 16.3 Å². The van der Waals surface area contributed by atoms with Gasteiger partial charge >= 0.3 is 6.01 Å². The van der Waals surface area contributed by atoms with Crippen molar-refractivity contribution in [3.8, 4) is 23.0 Å². The Morgan fingerprint density at radius 2 is 1.87 bits per heavy atom. The molecule has 160 valence electrons. The molecule has 2 aromatic carbocycles. The number of hydrogen-bond donors (Lipinski definition) is 3. The molecule has 0 saturated heterocycles. The Morgan fingerprint density at radius 3 is 2.55 bits per heavy atom. The second-order valence-corrected chi connectivity index (χ2v) is 7.07. The molecule has 0 aliphatic carbocycles. The molecular weight excluding hydrogens is 435 g/mol. The van der Waals surface area contributed by atoms with E-state index in [9.17, 15) is 18.3 Å². The third kappa shape index (κ3) is 4.25. The zero-order chi connectivity index (χ0) is 22.1. The molecule has 11 heteroatoms. The van der Waals surface area contributed by atoms with Gasteiger partial charge in [0.1, 0.15) is 11.6 Å². The topological polar surface area (TPSA) is 95.9 Å². The summed E-state index contributed by atoms with van der Waals surface area (Å²) in [7, 11) is 0. The van der Waals surface area contributed by atoms with E-state index in [0.29, 0.717) is 33.8 Å². The van der Waals surface area contributed by atoms with Crippen LogP contribution in [-0.2, 0) is 0 Å². The number of ether oxygens (including phenoxy) is 1. The number of nitrogens with one attached hydrogen (secondary N) is 2. The van der Waals surface area contributed by atoms with E-state index in [0.717, 1.165) is 0 Å². The van der Waals surface area contributed by atoms with Gasteiger partial charge in [0.25, 0.3) is 0 Å². The lowest BCUT2D eigenvalue weighted by atomic mass is 10.1. The smallest absolute Gasteiger partial charge is 0.326 e. The predicted octanol–water partition coefficient (Wildman–Crippen LogP) is 4.68. The molecule has 1 atom stereocenters. The standard InChI is InChI=1S/C20H15ClF3N5O2/c1-9(30)8-25-18-15-16(11-4-2-3-5-12(11)21)28-29-19(15)27-20(26-18)31-17-13(23)6-10(22)7-14(17)24/h2-7,9,30H,8H2,1H3,(H2,25,26,27,28,29). The largest absolute Gasteiger partial charge is 0.418 e. The molecule has 0 amide bonds. The van der Waals surface area contributed by atoms with Gasteiger partial charge in [-0.2, -0.15) is 15.1 Å². The normalized spacial score (nSPS) is 12.2. The molecule has 0 spiro atoms. The predicted molar refractivity (Wildman–Crippen MR) is 109 cm³/mol. The van der Waals surface area contributed by atoms with Crippen LogP contribution in [0, 0.1) is 17.5 Å². The summed E-state index contributed by atoms with van der Waals surface area (Å²) >= 11 is 6.29. The summed E-state index contributed by atoms with van der Waals surface area (Å²) in [5, 5.41) is 20.4. The number of halogens is 4. The summed E-state index contributed by atoms with van der Waals surface area (Å²) in [6.45, 7) is 1.67.